The molecule has 2 saturated heterocycles. The normalized spacial score (nSPS) is 28.2. The minimum absolute atomic E-state index is 0.104. The van der Waals surface area contributed by atoms with Crippen molar-refractivity contribution in [1.82, 2.24) is 10.2 Å². The van der Waals surface area contributed by atoms with Crippen molar-refractivity contribution in [2.45, 2.75) is 44.8 Å². The Morgan fingerprint density at radius 3 is 2.69 bits per heavy atom. The third-order valence-corrected chi connectivity index (χ3v) is 3.60. The molecule has 0 spiro atoms. The van der Waals surface area contributed by atoms with Gasteiger partial charge in [0.1, 0.15) is 6.10 Å². The van der Waals surface area contributed by atoms with Crippen LogP contribution in [-0.2, 0) is 9.53 Å². The molecule has 0 bridgehead atoms. The van der Waals surface area contributed by atoms with Gasteiger partial charge in [-0.25, -0.2) is 0 Å². The van der Waals surface area contributed by atoms with Crippen LogP contribution in [0.25, 0.3) is 0 Å². The first kappa shape index (κ1) is 11.9. The van der Waals surface area contributed by atoms with Gasteiger partial charge in [-0.3, -0.25) is 4.79 Å². The summed E-state index contributed by atoms with van der Waals surface area (Å²) in [6.45, 7) is 6.25. The highest BCUT2D eigenvalue weighted by Crippen LogP contribution is 2.14. The van der Waals surface area contributed by atoms with Gasteiger partial charge in [-0.1, -0.05) is 6.92 Å². The number of carbonyl (C=O) groups is 1. The number of rotatable bonds is 3. The van der Waals surface area contributed by atoms with Crippen molar-refractivity contribution in [3.8, 4) is 0 Å². The number of piperidine rings is 1. The Hall–Kier alpha value is -0.610. The molecule has 2 aliphatic heterocycles. The highest BCUT2D eigenvalue weighted by molar-refractivity contribution is 5.81. The molecule has 0 radical (unpaired) electrons. The first-order valence-electron chi connectivity index (χ1n) is 6.44. The van der Waals surface area contributed by atoms with Crippen LogP contribution in [0.2, 0.25) is 0 Å². The zero-order chi connectivity index (χ0) is 11.4. The van der Waals surface area contributed by atoms with E-state index in [9.17, 15) is 4.79 Å². The number of nitrogens with one attached hydrogen (secondary N) is 1. The highest BCUT2D eigenvalue weighted by atomic mass is 16.5. The van der Waals surface area contributed by atoms with E-state index in [4.69, 9.17) is 4.74 Å². The van der Waals surface area contributed by atoms with E-state index in [1.807, 2.05) is 0 Å². The summed E-state index contributed by atoms with van der Waals surface area (Å²) in [6, 6.07) is 0.361. The topological polar surface area (TPSA) is 41.6 Å². The Kier molecular flexibility index (Phi) is 4.18. The van der Waals surface area contributed by atoms with Crippen molar-refractivity contribution < 1.29 is 9.53 Å². The zero-order valence-electron chi connectivity index (χ0n) is 10.1. The number of carbonyl (C=O) groups excluding carboxylic acids is 1. The number of ether oxygens (including phenoxy) is 1. The Morgan fingerprint density at radius 1 is 1.38 bits per heavy atom. The SMILES string of the molecule is CCN1CCC(NC(=O)C2CCCO2)CC1. The van der Waals surface area contributed by atoms with E-state index in [-0.39, 0.29) is 12.0 Å². The minimum atomic E-state index is -0.177. The molecule has 0 aromatic heterocycles. The second kappa shape index (κ2) is 5.64. The number of nitrogens with zero attached hydrogens (tertiary/aromatic N) is 1. The van der Waals surface area contributed by atoms with E-state index in [1.54, 1.807) is 0 Å². The molecule has 0 aliphatic carbocycles. The summed E-state index contributed by atoms with van der Waals surface area (Å²) in [7, 11) is 0. The van der Waals surface area contributed by atoms with Gasteiger partial charge >= 0.3 is 0 Å². The molecule has 1 N–H and O–H groups in total. The summed E-state index contributed by atoms with van der Waals surface area (Å²) >= 11 is 0. The fraction of sp³-hybridized carbons (Fsp3) is 0.917. The van der Waals surface area contributed by atoms with E-state index in [0.717, 1.165) is 51.9 Å². The molecule has 2 heterocycles. The highest BCUT2D eigenvalue weighted by Gasteiger charge is 2.26. The molecule has 4 nitrogen and oxygen atoms in total. The fourth-order valence-corrected chi connectivity index (χ4v) is 2.47. The van der Waals surface area contributed by atoms with Crippen LogP contribution in [0.3, 0.4) is 0 Å². The Bertz CT molecular complexity index is 231. The van der Waals surface area contributed by atoms with Crippen molar-refractivity contribution in [2.75, 3.05) is 26.2 Å². The summed E-state index contributed by atoms with van der Waals surface area (Å²) in [4.78, 5) is 14.2. The van der Waals surface area contributed by atoms with E-state index < -0.39 is 0 Å². The van der Waals surface area contributed by atoms with Crippen LogP contribution in [0.5, 0.6) is 0 Å². The number of likely N-dealkylation sites (tertiary alicyclic amines) is 1. The van der Waals surface area contributed by atoms with Crippen LogP contribution >= 0.6 is 0 Å². The lowest BCUT2D eigenvalue weighted by Crippen LogP contribution is -2.47. The Morgan fingerprint density at radius 2 is 2.12 bits per heavy atom. The van der Waals surface area contributed by atoms with Crippen LogP contribution in [0.15, 0.2) is 0 Å². The van der Waals surface area contributed by atoms with Crippen molar-refractivity contribution in [3.05, 3.63) is 0 Å². The quantitative estimate of drug-likeness (QED) is 0.772. The van der Waals surface area contributed by atoms with Crippen molar-refractivity contribution >= 4 is 5.91 Å². The van der Waals surface area contributed by atoms with Crippen LogP contribution < -0.4 is 5.32 Å². The molecule has 2 aliphatic rings. The molecule has 0 aromatic carbocycles. The molecule has 2 fully saturated rings. The summed E-state index contributed by atoms with van der Waals surface area (Å²) in [5.41, 5.74) is 0. The first-order valence-corrected chi connectivity index (χ1v) is 6.44. The number of hydrogen-bond acceptors (Lipinski definition) is 3. The summed E-state index contributed by atoms with van der Waals surface area (Å²) in [6.07, 6.45) is 3.88. The van der Waals surface area contributed by atoms with Crippen molar-refractivity contribution in [2.24, 2.45) is 0 Å². The molecule has 16 heavy (non-hydrogen) atoms. The fourth-order valence-electron chi connectivity index (χ4n) is 2.47. The van der Waals surface area contributed by atoms with Crippen LogP contribution in [0, 0.1) is 0 Å². The molecule has 2 rings (SSSR count). The maximum Gasteiger partial charge on any atom is 0.249 e. The largest absolute Gasteiger partial charge is 0.368 e. The lowest BCUT2D eigenvalue weighted by atomic mass is 10.0. The molecule has 0 saturated carbocycles. The summed E-state index contributed by atoms with van der Waals surface area (Å²) in [5.74, 6) is 0.104. The minimum Gasteiger partial charge on any atom is -0.368 e. The second-order valence-electron chi connectivity index (χ2n) is 4.72. The van der Waals surface area contributed by atoms with Gasteiger partial charge in [0, 0.05) is 25.7 Å². The van der Waals surface area contributed by atoms with E-state index in [1.165, 1.54) is 0 Å². The van der Waals surface area contributed by atoms with Crippen LogP contribution in [0.4, 0.5) is 0 Å². The lowest BCUT2D eigenvalue weighted by Gasteiger charge is -2.31. The molecule has 1 unspecified atom stereocenters. The first-order chi connectivity index (χ1) is 7.79. The van der Waals surface area contributed by atoms with Gasteiger partial charge in [-0.15, -0.1) is 0 Å². The van der Waals surface area contributed by atoms with Gasteiger partial charge < -0.3 is 15.0 Å². The van der Waals surface area contributed by atoms with Gasteiger partial charge in [0.25, 0.3) is 0 Å². The van der Waals surface area contributed by atoms with Gasteiger partial charge in [-0.05, 0) is 32.2 Å². The summed E-state index contributed by atoms with van der Waals surface area (Å²) < 4.78 is 5.38. The Balaban J connectivity index is 1.71. The van der Waals surface area contributed by atoms with Crippen molar-refractivity contribution in [3.63, 3.8) is 0 Å². The Labute approximate surface area is 97.3 Å². The maximum absolute atomic E-state index is 11.8. The molecule has 92 valence electrons. The predicted octanol–water partition coefficient (Wildman–Crippen LogP) is 0.766. The van der Waals surface area contributed by atoms with Gasteiger partial charge in [0.2, 0.25) is 5.91 Å². The zero-order valence-corrected chi connectivity index (χ0v) is 10.1. The maximum atomic E-state index is 11.8. The lowest BCUT2D eigenvalue weighted by molar-refractivity contribution is -0.131. The van der Waals surface area contributed by atoms with E-state index >= 15 is 0 Å². The molecular weight excluding hydrogens is 204 g/mol. The molecule has 0 aromatic rings. The van der Waals surface area contributed by atoms with E-state index in [2.05, 4.69) is 17.1 Å². The van der Waals surface area contributed by atoms with E-state index in [0.29, 0.717) is 6.04 Å². The second-order valence-corrected chi connectivity index (χ2v) is 4.72. The average molecular weight is 226 g/mol. The monoisotopic (exact) mass is 226 g/mol. The predicted molar refractivity (Wildman–Crippen MR) is 62.3 cm³/mol. The standard InChI is InChI=1S/C12H22N2O2/c1-2-14-7-5-10(6-8-14)13-12(15)11-4-3-9-16-11/h10-11H,2-9H2,1H3,(H,13,15). The molecule has 1 amide bonds. The van der Waals surface area contributed by atoms with Crippen LogP contribution in [-0.4, -0.2) is 49.2 Å². The molecule has 4 heteroatoms. The average Bonchev–Trinajstić information content (AvgIpc) is 2.83. The summed E-state index contributed by atoms with van der Waals surface area (Å²) in [5, 5.41) is 3.11. The van der Waals surface area contributed by atoms with Gasteiger partial charge in [0.15, 0.2) is 0 Å². The van der Waals surface area contributed by atoms with Gasteiger partial charge in [0.05, 0.1) is 0 Å². The number of hydrogen-bond donors (Lipinski definition) is 1. The van der Waals surface area contributed by atoms with Crippen LogP contribution in [0.1, 0.15) is 32.6 Å². The molecule has 1 atom stereocenters. The third kappa shape index (κ3) is 2.95. The smallest absolute Gasteiger partial charge is 0.249 e. The number of amides is 1. The van der Waals surface area contributed by atoms with Gasteiger partial charge in [-0.2, -0.15) is 0 Å². The third-order valence-electron chi connectivity index (χ3n) is 3.60. The molecular formula is C12H22N2O2. The van der Waals surface area contributed by atoms with Crippen molar-refractivity contribution in [1.29, 1.82) is 0 Å².